The van der Waals surface area contributed by atoms with E-state index in [9.17, 15) is 24.6 Å². The Morgan fingerprint density at radius 2 is 1.70 bits per heavy atom. The maximum atomic E-state index is 12.1. The number of hydrogen-bond donors (Lipinski definition) is 3. The second-order valence-electron chi connectivity index (χ2n) is 6.42. The largest absolute Gasteiger partial charge is 0.508 e. The van der Waals surface area contributed by atoms with Crippen LogP contribution in [0.5, 0.6) is 11.5 Å². The van der Waals surface area contributed by atoms with Crippen molar-refractivity contribution in [3.05, 3.63) is 53.6 Å². The summed E-state index contributed by atoms with van der Waals surface area (Å²) in [6.07, 6.45) is 0.404. The molecule has 0 aliphatic rings. The number of rotatable bonds is 7. The summed E-state index contributed by atoms with van der Waals surface area (Å²) in [5.74, 6) is -1.80. The number of Topliss-reactive ketones (excluding diaryl/α,β-unsaturated/α-hetero) is 1. The van der Waals surface area contributed by atoms with Crippen molar-refractivity contribution in [3.63, 3.8) is 0 Å². The van der Waals surface area contributed by atoms with Gasteiger partial charge in [-0.1, -0.05) is 13.8 Å². The van der Waals surface area contributed by atoms with E-state index in [-0.39, 0.29) is 23.1 Å². The minimum absolute atomic E-state index is 0.105. The van der Waals surface area contributed by atoms with Crippen molar-refractivity contribution in [2.45, 2.75) is 20.3 Å². The number of carbonyl (C=O) groups is 3. The summed E-state index contributed by atoms with van der Waals surface area (Å²) in [5, 5.41) is 21.6. The van der Waals surface area contributed by atoms with Crippen LogP contribution in [-0.2, 0) is 9.53 Å². The average Bonchev–Trinajstić information content (AvgIpc) is 2.59. The van der Waals surface area contributed by atoms with E-state index in [0.29, 0.717) is 17.7 Å². The fourth-order valence-corrected chi connectivity index (χ4v) is 2.31. The van der Waals surface area contributed by atoms with Crippen LogP contribution in [-0.4, -0.2) is 34.5 Å². The number of aromatic hydroxyl groups is 2. The molecular formula is C20H21NO6. The van der Waals surface area contributed by atoms with Crippen molar-refractivity contribution in [1.29, 1.82) is 0 Å². The van der Waals surface area contributed by atoms with Gasteiger partial charge < -0.3 is 20.3 Å². The fourth-order valence-electron chi connectivity index (χ4n) is 2.31. The highest BCUT2D eigenvalue weighted by Crippen LogP contribution is 2.23. The number of ketones is 1. The monoisotopic (exact) mass is 371 g/mol. The molecule has 0 spiro atoms. The summed E-state index contributed by atoms with van der Waals surface area (Å²) in [6.45, 7) is 3.39. The number of esters is 1. The van der Waals surface area contributed by atoms with Crippen LogP contribution in [0.25, 0.3) is 0 Å². The van der Waals surface area contributed by atoms with Crippen molar-refractivity contribution < 1.29 is 29.3 Å². The van der Waals surface area contributed by atoms with Gasteiger partial charge in [0.1, 0.15) is 17.1 Å². The molecule has 0 atom stereocenters. The molecule has 1 amide bonds. The second kappa shape index (κ2) is 8.84. The molecule has 0 radical (unpaired) electrons. The van der Waals surface area contributed by atoms with Crippen LogP contribution < -0.4 is 5.32 Å². The fraction of sp³-hybridized carbons (Fsp3) is 0.250. The maximum Gasteiger partial charge on any atom is 0.342 e. The highest BCUT2D eigenvalue weighted by Gasteiger charge is 2.16. The molecule has 2 aromatic carbocycles. The Kier molecular flexibility index (Phi) is 6.54. The van der Waals surface area contributed by atoms with E-state index in [0.717, 1.165) is 6.07 Å². The van der Waals surface area contributed by atoms with Crippen LogP contribution in [0, 0.1) is 5.92 Å². The predicted molar refractivity (Wildman–Crippen MR) is 98.9 cm³/mol. The highest BCUT2D eigenvalue weighted by molar-refractivity contribution is 6.00. The van der Waals surface area contributed by atoms with Crippen LogP contribution in [0.4, 0.5) is 5.69 Å². The molecule has 142 valence electrons. The number of carbonyl (C=O) groups excluding carboxylic acids is 3. The van der Waals surface area contributed by atoms with Gasteiger partial charge in [0.2, 0.25) is 5.91 Å². The van der Waals surface area contributed by atoms with Gasteiger partial charge in [0, 0.05) is 23.7 Å². The first-order valence-electron chi connectivity index (χ1n) is 8.38. The lowest BCUT2D eigenvalue weighted by molar-refractivity contribution is -0.116. The first-order valence-corrected chi connectivity index (χ1v) is 8.38. The topological polar surface area (TPSA) is 113 Å². The van der Waals surface area contributed by atoms with Gasteiger partial charge in [0.05, 0.1) is 0 Å². The minimum atomic E-state index is -0.876. The number of nitrogens with one attached hydrogen (secondary N) is 1. The Balaban J connectivity index is 1.92. The highest BCUT2D eigenvalue weighted by atomic mass is 16.5. The van der Waals surface area contributed by atoms with Crippen LogP contribution in [0.15, 0.2) is 42.5 Å². The summed E-state index contributed by atoms with van der Waals surface area (Å²) >= 11 is 0. The predicted octanol–water partition coefficient (Wildman–Crippen LogP) is 3.12. The van der Waals surface area contributed by atoms with Gasteiger partial charge in [0.25, 0.3) is 0 Å². The third-order valence-electron chi connectivity index (χ3n) is 3.62. The summed E-state index contributed by atoms with van der Waals surface area (Å²) in [5.41, 5.74) is 0.742. The van der Waals surface area contributed by atoms with Crippen LogP contribution in [0.3, 0.4) is 0 Å². The Hall–Kier alpha value is -3.35. The van der Waals surface area contributed by atoms with Crippen molar-refractivity contribution >= 4 is 23.3 Å². The number of phenols is 2. The number of anilines is 1. The molecule has 7 nitrogen and oxygen atoms in total. The van der Waals surface area contributed by atoms with Crippen molar-refractivity contribution in [3.8, 4) is 11.5 Å². The van der Waals surface area contributed by atoms with Gasteiger partial charge >= 0.3 is 5.97 Å². The molecule has 0 aromatic heterocycles. The third kappa shape index (κ3) is 5.85. The first-order chi connectivity index (χ1) is 12.8. The molecular weight excluding hydrogens is 350 g/mol. The molecule has 0 saturated carbocycles. The Morgan fingerprint density at radius 3 is 2.30 bits per heavy atom. The Morgan fingerprint density at radius 1 is 1.04 bits per heavy atom. The quantitative estimate of drug-likeness (QED) is 0.509. The zero-order chi connectivity index (χ0) is 20.0. The minimum Gasteiger partial charge on any atom is -0.508 e. The third-order valence-corrected chi connectivity index (χ3v) is 3.62. The van der Waals surface area contributed by atoms with Gasteiger partial charge in [0.15, 0.2) is 12.4 Å². The summed E-state index contributed by atoms with van der Waals surface area (Å²) in [4.78, 5) is 35.8. The van der Waals surface area contributed by atoms with E-state index in [2.05, 4.69) is 5.32 Å². The molecule has 0 unspecified atom stereocenters. The number of ether oxygens (including phenoxy) is 1. The number of amides is 1. The molecule has 0 saturated heterocycles. The number of benzene rings is 2. The van der Waals surface area contributed by atoms with Crippen LogP contribution in [0.1, 0.15) is 41.0 Å². The lowest BCUT2D eigenvalue weighted by Crippen LogP contribution is -2.15. The van der Waals surface area contributed by atoms with Crippen molar-refractivity contribution in [2.75, 3.05) is 11.9 Å². The van der Waals surface area contributed by atoms with Crippen LogP contribution >= 0.6 is 0 Å². The molecule has 0 aliphatic carbocycles. The van der Waals surface area contributed by atoms with E-state index < -0.39 is 24.1 Å². The normalized spacial score (nSPS) is 10.5. The van der Waals surface area contributed by atoms with Gasteiger partial charge in [-0.25, -0.2) is 4.79 Å². The maximum absolute atomic E-state index is 12.1. The number of phenolic OH excluding ortho intramolecular Hbond substituents is 2. The number of hydrogen-bond acceptors (Lipinski definition) is 6. The van der Waals surface area contributed by atoms with Crippen molar-refractivity contribution in [2.24, 2.45) is 5.92 Å². The van der Waals surface area contributed by atoms with E-state index in [1.807, 2.05) is 13.8 Å². The lowest BCUT2D eigenvalue weighted by atomic mass is 10.1. The smallest absolute Gasteiger partial charge is 0.342 e. The molecule has 2 aromatic rings. The zero-order valence-corrected chi connectivity index (χ0v) is 15.1. The molecule has 0 fully saturated rings. The van der Waals surface area contributed by atoms with Gasteiger partial charge in [-0.15, -0.1) is 0 Å². The zero-order valence-electron chi connectivity index (χ0n) is 15.1. The molecule has 2 rings (SSSR count). The average molecular weight is 371 g/mol. The summed E-state index contributed by atoms with van der Waals surface area (Å²) in [6, 6.07) is 9.68. The molecule has 27 heavy (non-hydrogen) atoms. The lowest BCUT2D eigenvalue weighted by Gasteiger charge is -2.08. The summed E-state index contributed by atoms with van der Waals surface area (Å²) < 4.78 is 4.90. The van der Waals surface area contributed by atoms with E-state index >= 15 is 0 Å². The molecule has 0 heterocycles. The second-order valence-corrected chi connectivity index (χ2v) is 6.42. The molecule has 0 aliphatic heterocycles. The first kappa shape index (κ1) is 20.0. The van der Waals surface area contributed by atoms with E-state index in [1.165, 1.54) is 24.3 Å². The molecule has 7 heteroatoms. The Bertz CT molecular complexity index is 842. The van der Waals surface area contributed by atoms with Gasteiger partial charge in [-0.05, 0) is 42.3 Å². The van der Waals surface area contributed by atoms with Gasteiger partial charge in [-0.3, -0.25) is 9.59 Å². The van der Waals surface area contributed by atoms with E-state index in [1.54, 1.807) is 12.1 Å². The molecule has 0 bridgehead atoms. The van der Waals surface area contributed by atoms with Gasteiger partial charge in [-0.2, -0.15) is 0 Å². The van der Waals surface area contributed by atoms with Crippen molar-refractivity contribution in [1.82, 2.24) is 0 Å². The standard InChI is InChI=1S/C20H21NO6/c1-12(2)9-19(25)21-14-5-3-13(4-6-14)18(24)11-27-20(26)16-8-7-15(22)10-17(16)23/h3-8,10,12,22-23H,9,11H2,1-2H3,(H,21,25). The molecule has 3 N–H and O–H groups in total. The SMILES string of the molecule is CC(C)CC(=O)Nc1ccc(C(=O)COC(=O)c2ccc(O)cc2O)cc1. The summed E-state index contributed by atoms with van der Waals surface area (Å²) in [7, 11) is 0. The van der Waals surface area contributed by atoms with Crippen LogP contribution in [0.2, 0.25) is 0 Å². The van der Waals surface area contributed by atoms with E-state index in [4.69, 9.17) is 4.74 Å². The Labute approximate surface area is 156 Å².